The van der Waals surface area contributed by atoms with Crippen molar-refractivity contribution in [2.45, 2.75) is 12.5 Å². The Morgan fingerprint density at radius 1 is 1.59 bits per heavy atom. The second-order valence-corrected chi connectivity index (χ2v) is 4.03. The van der Waals surface area contributed by atoms with Gasteiger partial charge in [-0.05, 0) is 6.07 Å². The lowest BCUT2D eigenvalue weighted by Crippen LogP contribution is -2.36. The molecule has 1 aliphatic heterocycles. The van der Waals surface area contributed by atoms with Gasteiger partial charge in [-0.2, -0.15) is 0 Å². The monoisotopic (exact) mass is 276 g/mol. The fourth-order valence-electron chi connectivity index (χ4n) is 1.79. The Kier molecular flexibility index (Phi) is 5.05. The number of rotatable bonds is 2. The number of hydrogen-bond acceptors (Lipinski definition) is 3. The molecule has 2 rings (SSSR count). The fourth-order valence-corrected chi connectivity index (χ4v) is 2.03. The van der Waals surface area contributed by atoms with Crippen LogP contribution in [0.1, 0.15) is 18.0 Å². The van der Waals surface area contributed by atoms with Gasteiger partial charge in [0.2, 0.25) is 5.91 Å². The standard InChI is InChI=1S/C11H13ClN2O2.ClH/c12-8-3-1-2-7-9(14-10(15)6-13)4-5-16-11(7)8;/h1-3,9H,4-6,13H2,(H,14,15);1H. The highest BCUT2D eigenvalue weighted by atomic mass is 35.5. The minimum absolute atomic E-state index is 0. The summed E-state index contributed by atoms with van der Waals surface area (Å²) >= 11 is 6.02. The maximum Gasteiger partial charge on any atom is 0.234 e. The highest BCUT2D eigenvalue weighted by Crippen LogP contribution is 2.37. The number of amides is 1. The van der Waals surface area contributed by atoms with Crippen LogP contribution in [-0.2, 0) is 4.79 Å². The molecule has 0 aliphatic carbocycles. The zero-order valence-corrected chi connectivity index (χ0v) is 10.7. The van der Waals surface area contributed by atoms with Crippen LogP contribution in [0.3, 0.4) is 0 Å². The van der Waals surface area contributed by atoms with E-state index in [-0.39, 0.29) is 30.9 Å². The molecule has 0 fully saturated rings. The number of halogens is 2. The molecule has 6 heteroatoms. The molecule has 1 unspecified atom stereocenters. The number of ether oxygens (including phenoxy) is 1. The zero-order valence-electron chi connectivity index (χ0n) is 9.11. The molecule has 3 N–H and O–H groups in total. The van der Waals surface area contributed by atoms with Crippen molar-refractivity contribution in [2.24, 2.45) is 5.73 Å². The molecule has 0 radical (unpaired) electrons. The van der Waals surface area contributed by atoms with E-state index in [9.17, 15) is 4.79 Å². The van der Waals surface area contributed by atoms with Crippen molar-refractivity contribution in [3.05, 3.63) is 28.8 Å². The minimum atomic E-state index is -0.169. The van der Waals surface area contributed by atoms with Crippen LogP contribution in [0.2, 0.25) is 5.02 Å². The molecule has 1 aromatic carbocycles. The first kappa shape index (κ1) is 14.1. The largest absolute Gasteiger partial charge is 0.492 e. The Morgan fingerprint density at radius 3 is 3.06 bits per heavy atom. The molecule has 1 heterocycles. The maximum absolute atomic E-state index is 11.3. The van der Waals surface area contributed by atoms with Crippen LogP contribution >= 0.6 is 24.0 Å². The number of nitrogens with two attached hydrogens (primary N) is 1. The van der Waals surface area contributed by atoms with E-state index in [0.717, 1.165) is 12.0 Å². The summed E-state index contributed by atoms with van der Waals surface area (Å²) in [7, 11) is 0. The number of carbonyl (C=O) groups excluding carboxylic acids is 1. The van der Waals surface area contributed by atoms with Gasteiger partial charge in [-0.1, -0.05) is 23.7 Å². The predicted molar refractivity (Wildman–Crippen MR) is 68.8 cm³/mol. The van der Waals surface area contributed by atoms with E-state index in [1.807, 2.05) is 12.1 Å². The summed E-state index contributed by atoms with van der Waals surface area (Å²) in [6.45, 7) is 0.541. The second kappa shape index (κ2) is 6.10. The lowest BCUT2D eigenvalue weighted by Gasteiger charge is -2.27. The molecule has 0 saturated carbocycles. The summed E-state index contributed by atoms with van der Waals surface area (Å²) < 4.78 is 5.49. The third-order valence-corrected chi connectivity index (χ3v) is 2.84. The van der Waals surface area contributed by atoms with Crippen molar-refractivity contribution >= 4 is 29.9 Å². The quantitative estimate of drug-likeness (QED) is 0.864. The van der Waals surface area contributed by atoms with Crippen molar-refractivity contribution in [3.63, 3.8) is 0 Å². The van der Waals surface area contributed by atoms with Crippen LogP contribution in [0.4, 0.5) is 0 Å². The van der Waals surface area contributed by atoms with Gasteiger partial charge < -0.3 is 15.8 Å². The first-order chi connectivity index (χ1) is 7.72. The van der Waals surface area contributed by atoms with Crippen molar-refractivity contribution in [1.82, 2.24) is 5.32 Å². The lowest BCUT2D eigenvalue weighted by molar-refractivity contribution is -0.120. The molecule has 4 nitrogen and oxygen atoms in total. The molecule has 0 spiro atoms. The minimum Gasteiger partial charge on any atom is -0.492 e. The summed E-state index contributed by atoms with van der Waals surface area (Å²) in [6, 6.07) is 5.46. The van der Waals surface area contributed by atoms with E-state index < -0.39 is 0 Å². The highest BCUT2D eigenvalue weighted by molar-refractivity contribution is 6.32. The number of fused-ring (bicyclic) bond motifs is 1. The van der Waals surface area contributed by atoms with Gasteiger partial charge in [-0.15, -0.1) is 12.4 Å². The molecule has 1 aromatic rings. The Morgan fingerprint density at radius 2 is 2.35 bits per heavy atom. The van der Waals surface area contributed by atoms with E-state index in [0.29, 0.717) is 17.4 Å². The molecule has 1 aliphatic rings. The molecule has 0 aromatic heterocycles. The van der Waals surface area contributed by atoms with E-state index in [2.05, 4.69) is 5.32 Å². The van der Waals surface area contributed by atoms with Gasteiger partial charge in [0.15, 0.2) is 0 Å². The molecular weight excluding hydrogens is 263 g/mol. The third-order valence-electron chi connectivity index (χ3n) is 2.55. The summed E-state index contributed by atoms with van der Waals surface area (Å²) in [5.74, 6) is 0.496. The first-order valence-electron chi connectivity index (χ1n) is 5.13. The van der Waals surface area contributed by atoms with Crippen molar-refractivity contribution in [2.75, 3.05) is 13.2 Å². The molecule has 1 amide bonds. The van der Waals surface area contributed by atoms with Gasteiger partial charge in [-0.25, -0.2) is 0 Å². The van der Waals surface area contributed by atoms with Crippen LogP contribution in [0, 0.1) is 0 Å². The summed E-state index contributed by atoms with van der Waals surface area (Å²) in [6.07, 6.45) is 0.735. The van der Waals surface area contributed by atoms with E-state index in [4.69, 9.17) is 22.1 Å². The van der Waals surface area contributed by atoms with E-state index >= 15 is 0 Å². The number of para-hydroxylation sites is 1. The Balaban J connectivity index is 0.00000144. The Labute approximate surface area is 111 Å². The molecule has 0 bridgehead atoms. The smallest absolute Gasteiger partial charge is 0.234 e. The van der Waals surface area contributed by atoms with Crippen molar-refractivity contribution in [3.8, 4) is 5.75 Å². The van der Waals surface area contributed by atoms with Crippen LogP contribution in [0.5, 0.6) is 5.75 Å². The average Bonchev–Trinajstić information content (AvgIpc) is 2.30. The van der Waals surface area contributed by atoms with Crippen LogP contribution < -0.4 is 15.8 Å². The van der Waals surface area contributed by atoms with Crippen LogP contribution in [-0.4, -0.2) is 19.1 Å². The summed E-state index contributed by atoms with van der Waals surface area (Å²) in [4.78, 5) is 11.3. The van der Waals surface area contributed by atoms with Crippen LogP contribution in [0.15, 0.2) is 18.2 Å². The normalized spacial score (nSPS) is 17.4. The number of benzene rings is 1. The number of hydrogen-bond donors (Lipinski definition) is 2. The van der Waals surface area contributed by atoms with E-state index in [1.165, 1.54) is 0 Å². The van der Waals surface area contributed by atoms with Crippen LogP contribution in [0.25, 0.3) is 0 Å². The SMILES string of the molecule is Cl.NCC(=O)NC1CCOc2c(Cl)cccc21. The molecule has 17 heavy (non-hydrogen) atoms. The van der Waals surface area contributed by atoms with Gasteiger partial charge >= 0.3 is 0 Å². The van der Waals surface area contributed by atoms with Gasteiger partial charge in [0.1, 0.15) is 5.75 Å². The predicted octanol–water partition coefficient (Wildman–Crippen LogP) is 1.66. The molecule has 1 atom stereocenters. The fraction of sp³-hybridized carbons (Fsp3) is 0.364. The maximum atomic E-state index is 11.3. The Hall–Kier alpha value is -0.970. The summed E-state index contributed by atoms with van der Waals surface area (Å²) in [5, 5.41) is 3.42. The van der Waals surface area contributed by atoms with Gasteiger partial charge in [-0.3, -0.25) is 4.79 Å². The van der Waals surface area contributed by atoms with Gasteiger partial charge in [0, 0.05) is 12.0 Å². The molecule has 0 saturated heterocycles. The Bertz CT molecular complexity index is 412. The topological polar surface area (TPSA) is 64.4 Å². The van der Waals surface area contributed by atoms with Gasteiger partial charge in [0.05, 0.1) is 24.2 Å². The third kappa shape index (κ3) is 3.03. The number of nitrogens with one attached hydrogen (secondary N) is 1. The van der Waals surface area contributed by atoms with Crippen molar-refractivity contribution < 1.29 is 9.53 Å². The molecule has 94 valence electrons. The number of carbonyl (C=O) groups is 1. The van der Waals surface area contributed by atoms with Gasteiger partial charge in [0.25, 0.3) is 0 Å². The van der Waals surface area contributed by atoms with E-state index in [1.54, 1.807) is 6.07 Å². The first-order valence-corrected chi connectivity index (χ1v) is 5.51. The summed E-state index contributed by atoms with van der Waals surface area (Å²) in [5.41, 5.74) is 6.19. The average molecular weight is 277 g/mol. The van der Waals surface area contributed by atoms with Crippen molar-refractivity contribution in [1.29, 1.82) is 0 Å². The lowest BCUT2D eigenvalue weighted by atomic mass is 10.0. The highest BCUT2D eigenvalue weighted by Gasteiger charge is 2.24. The second-order valence-electron chi connectivity index (χ2n) is 3.62. The molecular formula is C11H14Cl2N2O2. The zero-order chi connectivity index (χ0) is 11.5.